The molecule has 0 aromatic carbocycles. The number of esters is 1. The van der Waals surface area contributed by atoms with Crippen LogP contribution in [0.15, 0.2) is 12.1 Å². The zero-order valence-electron chi connectivity index (χ0n) is 13.3. The summed E-state index contributed by atoms with van der Waals surface area (Å²) in [5.41, 5.74) is 0.0322. The van der Waals surface area contributed by atoms with Crippen LogP contribution in [0.4, 0.5) is 11.5 Å². The Morgan fingerprint density at radius 3 is 2.78 bits per heavy atom. The zero-order chi connectivity index (χ0) is 16.6. The van der Waals surface area contributed by atoms with E-state index in [1.165, 1.54) is 19.2 Å². The van der Waals surface area contributed by atoms with E-state index in [1.807, 2.05) is 4.90 Å². The first-order valence-corrected chi connectivity index (χ1v) is 7.67. The van der Waals surface area contributed by atoms with E-state index in [-0.39, 0.29) is 17.2 Å². The predicted octanol–water partition coefficient (Wildman–Crippen LogP) is 1.16. The van der Waals surface area contributed by atoms with Crippen molar-refractivity contribution < 1.29 is 14.5 Å². The molecule has 124 valence electrons. The third-order valence-corrected chi connectivity index (χ3v) is 4.75. The fraction of sp³-hybridized carbons (Fsp3) is 0.600. The molecule has 0 bridgehead atoms. The van der Waals surface area contributed by atoms with Gasteiger partial charge in [0.15, 0.2) is 5.69 Å². The highest BCUT2D eigenvalue weighted by atomic mass is 16.6. The monoisotopic (exact) mass is 320 g/mol. The van der Waals surface area contributed by atoms with Crippen molar-refractivity contribution in [1.82, 2.24) is 9.88 Å². The van der Waals surface area contributed by atoms with Gasteiger partial charge in [0, 0.05) is 25.7 Å². The average Bonchev–Trinajstić information content (AvgIpc) is 2.96. The fourth-order valence-corrected chi connectivity index (χ4v) is 3.56. The summed E-state index contributed by atoms with van der Waals surface area (Å²) in [4.78, 5) is 31.0. The maximum Gasteiger partial charge on any atom is 0.356 e. The van der Waals surface area contributed by atoms with Gasteiger partial charge >= 0.3 is 11.7 Å². The highest BCUT2D eigenvalue weighted by Crippen LogP contribution is 2.36. The second kappa shape index (κ2) is 6.11. The minimum atomic E-state index is -0.586. The van der Waals surface area contributed by atoms with Crippen LogP contribution in [0.5, 0.6) is 0 Å². The molecule has 2 aliphatic heterocycles. The first-order valence-electron chi connectivity index (χ1n) is 7.67. The number of carbonyl (C=O) groups excluding carboxylic acids is 1. The number of methoxy groups -OCH3 is 1. The van der Waals surface area contributed by atoms with E-state index >= 15 is 0 Å². The molecular weight excluding hydrogens is 300 g/mol. The number of nitro groups is 1. The van der Waals surface area contributed by atoms with Gasteiger partial charge in [-0.3, -0.25) is 10.1 Å². The van der Waals surface area contributed by atoms with Gasteiger partial charge in [0.2, 0.25) is 5.82 Å². The first kappa shape index (κ1) is 15.7. The molecule has 0 radical (unpaired) electrons. The number of rotatable bonds is 3. The molecule has 0 spiro atoms. The van der Waals surface area contributed by atoms with E-state index in [4.69, 9.17) is 0 Å². The quantitative estimate of drug-likeness (QED) is 0.469. The van der Waals surface area contributed by atoms with Crippen molar-refractivity contribution >= 4 is 17.5 Å². The van der Waals surface area contributed by atoms with Crippen molar-refractivity contribution in [3.05, 3.63) is 27.9 Å². The molecule has 2 saturated heterocycles. The van der Waals surface area contributed by atoms with Crippen molar-refractivity contribution in [1.29, 1.82) is 0 Å². The minimum Gasteiger partial charge on any atom is -0.464 e. The summed E-state index contributed by atoms with van der Waals surface area (Å²) in [5.74, 6) is 0.693. The number of fused-ring (bicyclic) bond motifs is 1. The lowest BCUT2D eigenvalue weighted by molar-refractivity contribution is -0.384. The number of anilines is 1. The van der Waals surface area contributed by atoms with Crippen LogP contribution in [0.25, 0.3) is 0 Å². The number of hydrogen-bond acceptors (Lipinski definition) is 7. The molecule has 1 aromatic rings. The predicted molar refractivity (Wildman–Crippen MR) is 83.5 cm³/mol. The fourth-order valence-electron chi connectivity index (χ4n) is 3.56. The van der Waals surface area contributed by atoms with Crippen molar-refractivity contribution in [3.8, 4) is 0 Å². The lowest BCUT2D eigenvalue weighted by Crippen LogP contribution is -2.37. The number of ether oxygens (including phenoxy) is 1. The van der Waals surface area contributed by atoms with E-state index in [0.717, 1.165) is 32.6 Å². The highest BCUT2D eigenvalue weighted by molar-refractivity contribution is 5.88. The maximum absolute atomic E-state index is 11.7. The van der Waals surface area contributed by atoms with Crippen LogP contribution in [0.1, 0.15) is 16.9 Å². The smallest absolute Gasteiger partial charge is 0.356 e. The largest absolute Gasteiger partial charge is 0.464 e. The Hall–Kier alpha value is -2.22. The van der Waals surface area contributed by atoms with Gasteiger partial charge in [0.05, 0.1) is 12.0 Å². The van der Waals surface area contributed by atoms with Gasteiger partial charge in [-0.15, -0.1) is 0 Å². The Balaban J connectivity index is 1.91. The molecule has 1 aromatic heterocycles. The molecule has 23 heavy (non-hydrogen) atoms. The lowest BCUT2D eigenvalue weighted by Gasteiger charge is -2.31. The molecule has 2 atom stereocenters. The number of carbonyl (C=O) groups is 1. The molecule has 0 amide bonds. The highest BCUT2D eigenvalue weighted by Gasteiger charge is 2.38. The number of nitrogens with zero attached hydrogens (tertiary/aromatic N) is 4. The minimum absolute atomic E-state index is 0.0651. The molecule has 8 nitrogen and oxygen atoms in total. The summed E-state index contributed by atoms with van der Waals surface area (Å²) in [6.07, 6.45) is 1.09. The summed E-state index contributed by atoms with van der Waals surface area (Å²) < 4.78 is 4.67. The summed E-state index contributed by atoms with van der Waals surface area (Å²) in [6.45, 7) is 3.52. The molecule has 0 N–H and O–H groups in total. The van der Waals surface area contributed by atoms with Crippen LogP contribution in [0.2, 0.25) is 0 Å². The Morgan fingerprint density at radius 1 is 1.35 bits per heavy atom. The van der Waals surface area contributed by atoms with E-state index in [2.05, 4.69) is 21.7 Å². The van der Waals surface area contributed by atoms with Crippen molar-refractivity contribution in [2.75, 3.05) is 45.2 Å². The normalized spacial score (nSPS) is 24.3. The van der Waals surface area contributed by atoms with Gasteiger partial charge < -0.3 is 14.5 Å². The number of piperidine rings is 1. The number of likely N-dealkylation sites (tertiary alicyclic amines) is 1. The third-order valence-electron chi connectivity index (χ3n) is 4.75. The molecule has 2 aliphatic rings. The Labute approximate surface area is 134 Å². The first-order chi connectivity index (χ1) is 11.0. The van der Waals surface area contributed by atoms with E-state index in [9.17, 15) is 14.9 Å². The van der Waals surface area contributed by atoms with Crippen molar-refractivity contribution in [3.63, 3.8) is 0 Å². The van der Waals surface area contributed by atoms with Crippen LogP contribution in [-0.4, -0.2) is 61.1 Å². The van der Waals surface area contributed by atoms with Gasteiger partial charge in [-0.25, -0.2) is 9.78 Å². The van der Waals surface area contributed by atoms with E-state index < -0.39 is 10.9 Å². The van der Waals surface area contributed by atoms with E-state index in [0.29, 0.717) is 11.8 Å². The molecule has 3 rings (SSSR count). The van der Waals surface area contributed by atoms with Gasteiger partial charge in [0.25, 0.3) is 0 Å². The van der Waals surface area contributed by atoms with Crippen LogP contribution in [0.3, 0.4) is 0 Å². The summed E-state index contributed by atoms with van der Waals surface area (Å²) in [7, 11) is 3.36. The Kier molecular flexibility index (Phi) is 4.16. The standard InChI is InChI=1S/C15H20N4O4/c1-17-6-5-10-8-18(9-11(10)7-17)14-13(19(21)22)4-3-12(16-14)15(20)23-2/h3-4,10-11H,5-9H2,1-2H3. The van der Waals surface area contributed by atoms with Gasteiger partial charge in [-0.2, -0.15) is 0 Å². The SMILES string of the molecule is COC(=O)c1ccc([N+](=O)[O-])c(N2CC3CCN(C)CC3C2)n1. The maximum atomic E-state index is 11.7. The topological polar surface area (TPSA) is 88.8 Å². The lowest BCUT2D eigenvalue weighted by atomic mass is 9.89. The third kappa shape index (κ3) is 2.98. The number of aromatic nitrogens is 1. The molecule has 0 saturated carbocycles. The van der Waals surface area contributed by atoms with Crippen molar-refractivity contribution in [2.24, 2.45) is 11.8 Å². The van der Waals surface area contributed by atoms with Gasteiger partial charge in [-0.1, -0.05) is 0 Å². The van der Waals surface area contributed by atoms with E-state index in [1.54, 1.807) is 0 Å². The number of hydrogen-bond donors (Lipinski definition) is 0. The van der Waals surface area contributed by atoms with Crippen LogP contribution >= 0.6 is 0 Å². The Morgan fingerprint density at radius 2 is 2.09 bits per heavy atom. The van der Waals surface area contributed by atoms with Crippen LogP contribution in [-0.2, 0) is 4.74 Å². The second-order valence-electron chi connectivity index (χ2n) is 6.26. The number of pyridine rings is 1. The zero-order valence-corrected chi connectivity index (χ0v) is 13.3. The van der Waals surface area contributed by atoms with Crippen LogP contribution < -0.4 is 4.90 Å². The summed E-state index contributed by atoms with van der Waals surface area (Å²) >= 11 is 0. The second-order valence-corrected chi connectivity index (χ2v) is 6.26. The van der Waals surface area contributed by atoms with Gasteiger partial charge in [-0.05, 0) is 37.9 Å². The molecule has 2 unspecified atom stereocenters. The molecule has 2 fully saturated rings. The summed E-state index contributed by atoms with van der Waals surface area (Å²) in [5, 5.41) is 11.3. The molecule has 3 heterocycles. The van der Waals surface area contributed by atoms with Gasteiger partial charge in [0.1, 0.15) is 0 Å². The Bertz CT molecular complexity index is 636. The summed E-state index contributed by atoms with van der Waals surface area (Å²) in [6, 6.07) is 2.67. The van der Waals surface area contributed by atoms with Crippen molar-refractivity contribution in [2.45, 2.75) is 6.42 Å². The van der Waals surface area contributed by atoms with Crippen LogP contribution in [0, 0.1) is 22.0 Å². The average molecular weight is 320 g/mol. The molecular formula is C15H20N4O4. The molecule has 0 aliphatic carbocycles. The molecule has 8 heteroatoms.